The Labute approximate surface area is 87.5 Å². The number of carbonyl (C=O) groups excluding carboxylic acids is 1. The first-order chi connectivity index (χ1) is 7.22. The van der Waals surface area contributed by atoms with Gasteiger partial charge >= 0.3 is 5.91 Å². The van der Waals surface area contributed by atoms with E-state index in [1.165, 1.54) is 0 Å². The molecule has 0 aliphatic carbocycles. The molecule has 0 atom stereocenters. The van der Waals surface area contributed by atoms with Gasteiger partial charge < -0.3 is 4.98 Å². The van der Waals surface area contributed by atoms with Crippen LogP contribution in [-0.4, -0.2) is 15.9 Å². The van der Waals surface area contributed by atoms with Crippen molar-refractivity contribution in [1.29, 1.82) is 0 Å². The Morgan fingerprint density at radius 2 is 2.33 bits per heavy atom. The number of hydrogen-bond acceptors (Lipinski definition) is 2. The van der Waals surface area contributed by atoms with Gasteiger partial charge in [-0.25, -0.2) is 4.98 Å². The molecule has 1 aromatic carbocycles. The van der Waals surface area contributed by atoms with Crippen LogP contribution in [0, 0.1) is 0 Å². The lowest BCUT2D eigenvalue weighted by molar-refractivity contribution is 0.0983. The number of hydrogen-bond donors (Lipinski definition) is 1. The molecular weight excluding hydrogens is 190 g/mol. The largest absolute Gasteiger partial charge is 0.334 e. The van der Waals surface area contributed by atoms with Crippen LogP contribution in [0.5, 0.6) is 0 Å². The van der Waals surface area contributed by atoms with Gasteiger partial charge in [0.25, 0.3) is 0 Å². The molecule has 0 unspecified atom stereocenters. The van der Waals surface area contributed by atoms with Gasteiger partial charge in [-0.05, 0) is 18.1 Å². The van der Waals surface area contributed by atoms with Gasteiger partial charge in [0.1, 0.15) is 0 Å². The van der Waals surface area contributed by atoms with Crippen molar-refractivity contribution in [3.63, 3.8) is 0 Å². The van der Waals surface area contributed by atoms with Gasteiger partial charge in [0.05, 0.1) is 11.0 Å². The SMILES string of the molecule is CCCc1cccc2[nH]c(C([NH])=O)nc12. The number of rotatable bonds is 3. The van der Waals surface area contributed by atoms with Gasteiger partial charge in [-0.1, -0.05) is 25.5 Å². The van der Waals surface area contributed by atoms with E-state index in [0.29, 0.717) is 0 Å². The molecule has 4 nitrogen and oxygen atoms in total. The normalized spacial score (nSPS) is 10.7. The van der Waals surface area contributed by atoms with E-state index in [4.69, 9.17) is 5.73 Å². The maximum Gasteiger partial charge on any atom is 0.305 e. The Morgan fingerprint density at radius 3 is 3.00 bits per heavy atom. The molecule has 0 aliphatic rings. The monoisotopic (exact) mass is 202 g/mol. The molecule has 0 spiro atoms. The predicted molar refractivity (Wildman–Crippen MR) is 57.5 cm³/mol. The minimum atomic E-state index is -0.770. The lowest BCUT2D eigenvalue weighted by Crippen LogP contribution is -2.00. The number of imidazole rings is 1. The second-order valence-electron chi connectivity index (χ2n) is 3.48. The smallest absolute Gasteiger partial charge is 0.305 e. The minimum absolute atomic E-state index is 0.119. The molecule has 1 aromatic heterocycles. The van der Waals surface area contributed by atoms with E-state index >= 15 is 0 Å². The third-order valence-corrected chi connectivity index (χ3v) is 2.33. The molecule has 0 saturated heterocycles. The van der Waals surface area contributed by atoms with Crippen molar-refractivity contribution in [3.8, 4) is 0 Å². The molecule has 0 bridgehead atoms. The van der Waals surface area contributed by atoms with E-state index in [1.807, 2.05) is 18.2 Å². The van der Waals surface area contributed by atoms with E-state index in [2.05, 4.69) is 16.9 Å². The highest BCUT2D eigenvalue weighted by Gasteiger charge is 2.10. The standard InChI is InChI=1S/C11H12N3O/c1-2-4-7-5-3-6-8-9(7)14-11(13-8)10(12)15/h3,5-6,12H,2,4H2,1H3,(H,13,14). The summed E-state index contributed by atoms with van der Waals surface area (Å²) in [5, 5.41) is 0. The number of fused-ring (bicyclic) bond motifs is 1. The molecular formula is C11H12N3O. The van der Waals surface area contributed by atoms with Crippen LogP contribution < -0.4 is 5.73 Å². The highest BCUT2D eigenvalue weighted by molar-refractivity contribution is 5.93. The minimum Gasteiger partial charge on any atom is -0.334 e. The fourth-order valence-corrected chi connectivity index (χ4v) is 1.67. The van der Waals surface area contributed by atoms with Crippen molar-refractivity contribution >= 4 is 16.9 Å². The van der Waals surface area contributed by atoms with Gasteiger partial charge in [-0.3, -0.25) is 10.5 Å². The van der Waals surface area contributed by atoms with Crippen LogP contribution >= 0.6 is 0 Å². The Morgan fingerprint density at radius 1 is 1.53 bits per heavy atom. The first-order valence-electron chi connectivity index (χ1n) is 4.96. The third kappa shape index (κ3) is 1.70. The van der Waals surface area contributed by atoms with Crippen molar-refractivity contribution in [1.82, 2.24) is 15.7 Å². The van der Waals surface area contributed by atoms with Crippen LogP contribution in [0.1, 0.15) is 29.5 Å². The Balaban J connectivity index is 2.59. The fraction of sp³-hybridized carbons (Fsp3) is 0.273. The Hall–Kier alpha value is -1.84. The quantitative estimate of drug-likeness (QED) is 0.826. The zero-order valence-electron chi connectivity index (χ0n) is 8.50. The highest BCUT2D eigenvalue weighted by Crippen LogP contribution is 2.17. The molecule has 15 heavy (non-hydrogen) atoms. The summed E-state index contributed by atoms with van der Waals surface area (Å²) in [5.41, 5.74) is 9.76. The van der Waals surface area contributed by atoms with Crippen LogP contribution in [0.3, 0.4) is 0 Å². The first-order valence-corrected chi connectivity index (χ1v) is 4.96. The van der Waals surface area contributed by atoms with E-state index in [-0.39, 0.29) is 5.82 Å². The number of para-hydroxylation sites is 1. The topological polar surface area (TPSA) is 69.6 Å². The van der Waals surface area contributed by atoms with Gasteiger partial charge in [0.15, 0.2) is 5.82 Å². The summed E-state index contributed by atoms with van der Waals surface area (Å²) in [6.07, 6.45) is 1.98. The van der Waals surface area contributed by atoms with Crippen LogP contribution in [0.15, 0.2) is 18.2 Å². The summed E-state index contributed by atoms with van der Waals surface area (Å²) in [7, 11) is 0. The molecule has 4 heteroatoms. The molecule has 2 rings (SSSR count). The zero-order valence-corrected chi connectivity index (χ0v) is 8.50. The van der Waals surface area contributed by atoms with Crippen molar-refractivity contribution < 1.29 is 4.79 Å². The van der Waals surface area contributed by atoms with Crippen LogP contribution in [-0.2, 0) is 6.42 Å². The number of benzene rings is 1. The van der Waals surface area contributed by atoms with Gasteiger partial charge in [-0.15, -0.1) is 0 Å². The van der Waals surface area contributed by atoms with Gasteiger partial charge in [-0.2, -0.15) is 0 Å². The third-order valence-electron chi connectivity index (χ3n) is 2.33. The highest BCUT2D eigenvalue weighted by atomic mass is 16.1. The summed E-state index contributed by atoms with van der Waals surface area (Å²) in [5.74, 6) is -0.651. The number of aromatic nitrogens is 2. The first kappa shape index (κ1) is 9.71. The van der Waals surface area contributed by atoms with Crippen molar-refractivity contribution in [2.45, 2.75) is 19.8 Å². The summed E-state index contributed by atoms with van der Waals surface area (Å²) < 4.78 is 0. The average Bonchev–Trinajstić information content (AvgIpc) is 2.63. The average molecular weight is 202 g/mol. The Bertz CT molecular complexity index is 502. The lowest BCUT2D eigenvalue weighted by Gasteiger charge is -1.97. The van der Waals surface area contributed by atoms with Crippen LogP contribution in [0.2, 0.25) is 0 Å². The molecule has 0 aliphatic heterocycles. The summed E-state index contributed by atoms with van der Waals surface area (Å²) in [6, 6.07) is 5.81. The second kappa shape index (κ2) is 3.73. The van der Waals surface area contributed by atoms with E-state index in [1.54, 1.807) is 0 Å². The number of amides is 1. The number of aryl methyl sites for hydroxylation is 1. The molecule has 1 amide bonds. The van der Waals surface area contributed by atoms with E-state index < -0.39 is 5.91 Å². The molecule has 2 aromatic rings. The molecule has 1 heterocycles. The second-order valence-corrected chi connectivity index (χ2v) is 3.48. The molecule has 0 saturated carbocycles. The van der Waals surface area contributed by atoms with Crippen LogP contribution in [0.4, 0.5) is 0 Å². The summed E-state index contributed by atoms with van der Waals surface area (Å²) >= 11 is 0. The maximum atomic E-state index is 10.9. The maximum absolute atomic E-state index is 10.9. The number of carbonyl (C=O) groups is 1. The number of H-pyrrole nitrogens is 1. The zero-order chi connectivity index (χ0) is 10.8. The van der Waals surface area contributed by atoms with E-state index in [9.17, 15) is 4.79 Å². The number of nitrogens with one attached hydrogen (secondary N) is 2. The predicted octanol–water partition coefficient (Wildman–Crippen LogP) is 1.94. The molecule has 1 radical (unpaired) electrons. The van der Waals surface area contributed by atoms with Crippen molar-refractivity contribution in [2.24, 2.45) is 0 Å². The Kier molecular flexibility index (Phi) is 2.41. The summed E-state index contributed by atoms with van der Waals surface area (Å²) in [4.78, 5) is 17.8. The molecule has 2 N–H and O–H groups in total. The fourth-order valence-electron chi connectivity index (χ4n) is 1.67. The number of nitrogens with zero attached hydrogens (tertiary/aromatic N) is 1. The lowest BCUT2D eigenvalue weighted by atomic mass is 10.1. The van der Waals surface area contributed by atoms with Crippen LogP contribution in [0.25, 0.3) is 11.0 Å². The molecule has 77 valence electrons. The van der Waals surface area contributed by atoms with Gasteiger partial charge in [0.2, 0.25) is 0 Å². The van der Waals surface area contributed by atoms with Gasteiger partial charge in [0, 0.05) is 0 Å². The van der Waals surface area contributed by atoms with Crippen molar-refractivity contribution in [2.75, 3.05) is 0 Å². The van der Waals surface area contributed by atoms with E-state index in [0.717, 1.165) is 29.4 Å². The molecule has 0 fully saturated rings. The van der Waals surface area contributed by atoms with Crippen molar-refractivity contribution in [3.05, 3.63) is 29.6 Å². The number of aromatic amines is 1. The summed E-state index contributed by atoms with van der Waals surface area (Å²) in [6.45, 7) is 2.10.